The molecule has 1 heterocycles. The van der Waals surface area contributed by atoms with Crippen molar-refractivity contribution in [3.8, 4) is 10.4 Å². The standard InChI is InChI=1S/C20H18FN3O2S2/c21-19-10-9-18(27-19)13-3-8-16(22)17(11-13)24-20(25)12-1-4-14(5-2-12)28(23,26)15-6-7-15/h1-5,8-11,15,23H,6-7,22H2,(H,24,25)/t28-/m0/s1. The van der Waals surface area contributed by atoms with Crippen LogP contribution in [-0.2, 0) is 9.73 Å². The normalized spacial score (nSPS) is 15.8. The van der Waals surface area contributed by atoms with Gasteiger partial charge in [-0.05, 0) is 66.9 Å². The largest absolute Gasteiger partial charge is 0.397 e. The van der Waals surface area contributed by atoms with Crippen LogP contribution in [-0.4, -0.2) is 15.4 Å². The Hall–Kier alpha value is -2.71. The fourth-order valence-electron chi connectivity index (χ4n) is 2.88. The van der Waals surface area contributed by atoms with Crippen LogP contribution in [0.25, 0.3) is 10.4 Å². The highest BCUT2D eigenvalue weighted by Gasteiger charge is 2.33. The second-order valence-electron chi connectivity index (χ2n) is 6.68. The summed E-state index contributed by atoms with van der Waals surface area (Å²) in [4.78, 5) is 13.8. The first-order valence-electron chi connectivity index (χ1n) is 8.69. The third kappa shape index (κ3) is 3.65. The zero-order valence-electron chi connectivity index (χ0n) is 14.8. The summed E-state index contributed by atoms with van der Waals surface area (Å²) in [5.41, 5.74) is 7.94. The van der Waals surface area contributed by atoms with Gasteiger partial charge in [0.1, 0.15) is 0 Å². The Balaban J connectivity index is 1.55. The minimum Gasteiger partial charge on any atom is -0.397 e. The van der Waals surface area contributed by atoms with Gasteiger partial charge in [-0.3, -0.25) is 4.79 Å². The van der Waals surface area contributed by atoms with E-state index in [1.54, 1.807) is 48.5 Å². The monoisotopic (exact) mass is 415 g/mol. The number of hydrogen-bond donors (Lipinski definition) is 3. The number of nitrogens with one attached hydrogen (secondary N) is 2. The molecular weight excluding hydrogens is 397 g/mol. The molecule has 3 aromatic rings. The second-order valence-corrected chi connectivity index (χ2v) is 10.1. The van der Waals surface area contributed by atoms with Crippen LogP contribution in [0.1, 0.15) is 23.2 Å². The quantitative estimate of drug-likeness (QED) is 0.514. The molecule has 1 fully saturated rings. The van der Waals surface area contributed by atoms with Crippen molar-refractivity contribution in [3.05, 3.63) is 65.3 Å². The van der Waals surface area contributed by atoms with E-state index in [4.69, 9.17) is 10.5 Å². The van der Waals surface area contributed by atoms with E-state index in [2.05, 4.69) is 5.32 Å². The molecule has 28 heavy (non-hydrogen) atoms. The molecule has 0 unspecified atom stereocenters. The molecule has 8 heteroatoms. The number of carbonyl (C=O) groups is 1. The van der Waals surface area contributed by atoms with Gasteiger partial charge in [0.25, 0.3) is 5.91 Å². The van der Waals surface area contributed by atoms with Gasteiger partial charge in [-0.15, -0.1) is 11.3 Å². The van der Waals surface area contributed by atoms with E-state index in [9.17, 15) is 13.4 Å². The van der Waals surface area contributed by atoms with Crippen LogP contribution < -0.4 is 11.1 Å². The molecule has 1 atom stereocenters. The van der Waals surface area contributed by atoms with E-state index in [0.717, 1.165) is 34.6 Å². The van der Waals surface area contributed by atoms with E-state index in [0.29, 0.717) is 21.8 Å². The number of benzene rings is 2. The summed E-state index contributed by atoms with van der Waals surface area (Å²) >= 11 is 1.02. The SMILES string of the molecule is N=[S@](=O)(c1ccc(C(=O)Nc2cc(-c3ccc(F)s3)ccc2N)cc1)C1CC1. The van der Waals surface area contributed by atoms with Gasteiger partial charge in [-0.25, -0.2) is 8.99 Å². The number of halogens is 1. The van der Waals surface area contributed by atoms with Crippen molar-refractivity contribution in [1.29, 1.82) is 4.78 Å². The number of thiophene rings is 1. The molecule has 5 nitrogen and oxygen atoms in total. The van der Waals surface area contributed by atoms with Gasteiger partial charge in [-0.1, -0.05) is 6.07 Å². The minimum absolute atomic E-state index is 0.0724. The Kier molecular flexibility index (Phi) is 4.68. The Bertz CT molecular complexity index is 1150. The highest BCUT2D eigenvalue weighted by molar-refractivity contribution is 7.93. The topological polar surface area (TPSA) is 96.0 Å². The fraction of sp³-hybridized carbons (Fsp3) is 0.150. The molecule has 0 spiro atoms. The summed E-state index contributed by atoms with van der Waals surface area (Å²) < 4.78 is 33.8. The van der Waals surface area contributed by atoms with E-state index in [-0.39, 0.29) is 16.3 Å². The van der Waals surface area contributed by atoms with Crippen LogP contribution >= 0.6 is 11.3 Å². The lowest BCUT2D eigenvalue weighted by atomic mass is 10.1. The van der Waals surface area contributed by atoms with Gasteiger partial charge in [0.2, 0.25) is 0 Å². The predicted molar refractivity (Wildman–Crippen MR) is 111 cm³/mol. The van der Waals surface area contributed by atoms with Gasteiger partial charge in [-0.2, -0.15) is 4.39 Å². The van der Waals surface area contributed by atoms with Crippen LogP contribution in [0.3, 0.4) is 0 Å². The molecule has 2 aromatic carbocycles. The Morgan fingerprint density at radius 1 is 1.14 bits per heavy atom. The molecule has 1 aromatic heterocycles. The molecule has 0 aliphatic heterocycles. The van der Waals surface area contributed by atoms with E-state index in [1.807, 2.05) is 0 Å². The highest BCUT2D eigenvalue weighted by atomic mass is 32.2. The second kappa shape index (κ2) is 7.03. The lowest BCUT2D eigenvalue weighted by Crippen LogP contribution is -2.13. The first-order chi connectivity index (χ1) is 13.3. The van der Waals surface area contributed by atoms with Gasteiger partial charge >= 0.3 is 0 Å². The van der Waals surface area contributed by atoms with Crippen molar-refractivity contribution in [2.45, 2.75) is 23.0 Å². The molecule has 4 N–H and O–H groups in total. The van der Waals surface area contributed by atoms with Crippen LogP contribution in [0.5, 0.6) is 0 Å². The molecule has 1 amide bonds. The van der Waals surface area contributed by atoms with Crippen LogP contribution in [0.2, 0.25) is 0 Å². The van der Waals surface area contributed by atoms with E-state index in [1.165, 1.54) is 6.07 Å². The van der Waals surface area contributed by atoms with Crippen molar-refractivity contribution in [2.24, 2.45) is 0 Å². The molecule has 1 aliphatic carbocycles. The lowest BCUT2D eigenvalue weighted by Gasteiger charge is -2.11. The number of nitrogen functional groups attached to an aromatic ring is 1. The molecule has 0 bridgehead atoms. The van der Waals surface area contributed by atoms with Crippen LogP contribution in [0, 0.1) is 9.91 Å². The summed E-state index contributed by atoms with van der Waals surface area (Å²) in [6.07, 6.45) is 1.63. The minimum atomic E-state index is -2.79. The number of hydrogen-bond acceptors (Lipinski definition) is 5. The van der Waals surface area contributed by atoms with Crippen LogP contribution in [0.15, 0.2) is 59.5 Å². The third-order valence-corrected chi connectivity index (χ3v) is 7.93. The zero-order chi connectivity index (χ0) is 19.9. The number of carbonyl (C=O) groups excluding carboxylic acids is 1. The van der Waals surface area contributed by atoms with E-state index < -0.39 is 9.73 Å². The summed E-state index contributed by atoms with van der Waals surface area (Å²) in [7, 11) is -2.79. The number of amides is 1. The van der Waals surface area contributed by atoms with Gasteiger partial charge in [0.15, 0.2) is 5.13 Å². The molecular formula is C20H18FN3O2S2. The zero-order valence-corrected chi connectivity index (χ0v) is 16.4. The van der Waals surface area contributed by atoms with Crippen molar-refractivity contribution in [3.63, 3.8) is 0 Å². The first-order valence-corrected chi connectivity index (χ1v) is 11.1. The van der Waals surface area contributed by atoms with Crippen LogP contribution in [0.4, 0.5) is 15.8 Å². The van der Waals surface area contributed by atoms with Crippen molar-refractivity contribution >= 4 is 38.3 Å². The molecule has 1 aliphatic rings. The maximum Gasteiger partial charge on any atom is 0.255 e. The molecule has 0 saturated heterocycles. The number of anilines is 2. The first kappa shape index (κ1) is 18.6. The average Bonchev–Trinajstić information content (AvgIpc) is 3.46. The maximum absolute atomic E-state index is 13.3. The Morgan fingerprint density at radius 2 is 1.86 bits per heavy atom. The summed E-state index contributed by atoms with van der Waals surface area (Å²) in [5, 5.41) is 2.41. The third-order valence-electron chi connectivity index (χ3n) is 4.62. The van der Waals surface area contributed by atoms with Crippen molar-refractivity contribution in [2.75, 3.05) is 11.1 Å². The maximum atomic E-state index is 13.3. The van der Waals surface area contributed by atoms with Gasteiger partial charge in [0.05, 0.1) is 21.1 Å². The lowest BCUT2D eigenvalue weighted by molar-refractivity contribution is 0.102. The number of nitrogens with two attached hydrogens (primary N) is 1. The Morgan fingerprint density at radius 3 is 2.46 bits per heavy atom. The Labute approximate surface area is 166 Å². The van der Waals surface area contributed by atoms with E-state index >= 15 is 0 Å². The van der Waals surface area contributed by atoms with Crippen molar-refractivity contribution < 1.29 is 13.4 Å². The van der Waals surface area contributed by atoms with Gasteiger partial charge < -0.3 is 11.1 Å². The van der Waals surface area contributed by atoms with Crippen molar-refractivity contribution in [1.82, 2.24) is 0 Å². The molecule has 144 valence electrons. The fourth-order valence-corrected chi connectivity index (χ4v) is 5.33. The average molecular weight is 416 g/mol. The smallest absolute Gasteiger partial charge is 0.255 e. The van der Waals surface area contributed by atoms with Gasteiger partial charge in [0, 0.05) is 20.6 Å². The molecule has 1 saturated carbocycles. The summed E-state index contributed by atoms with van der Waals surface area (Å²) in [6, 6.07) is 14.5. The summed E-state index contributed by atoms with van der Waals surface area (Å²) in [6.45, 7) is 0. The highest BCUT2D eigenvalue weighted by Crippen LogP contribution is 2.34. The molecule has 0 radical (unpaired) electrons. The summed E-state index contributed by atoms with van der Waals surface area (Å²) in [5.74, 6) is -0.365. The predicted octanol–water partition coefficient (Wildman–Crippen LogP) is 4.96. The molecule has 4 rings (SSSR count). The number of rotatable bonds is 5.